The molecule has 2 aromatic carbocycles. The Balaban J connectivity index is 1.24. The maximum Gasteiger partial charge on any atom is 0.407 e. The summed E-state index contributed by atoms with van der Waals surface area (Å²) in [4.78, 5) is 36.2. The van der Waals surface area contributed by atoms with Crippen molar-refractivity contribution in [1.82, 2.24) is 10.6 Å². The van der Waals surface area contributed by atoms with Crippen molar-refractivity contribution in [1.29, 1.82) is 0 Å². The number of nitrogens with one attached hydrogen (secondary N) is 2. The molecule has 7 heteroatoms. The van der Waals surface area contributed by atoms with Gasteiger partial charge in [0, 0.05) is 24.4 Å². The Kier molecular flexibility index (Phi) is 7.43. The number of carbonyl (C=O) groups excluding carboxylic acids is 2. The number of alkyl carbamates (subject to hydrolysis) is 1. The highest BCUT2D eigenvalue weighted by Gasteiger charge is 2.33. The molecule has 186 valence electrons. The van der Waals surface area contributed by atoms with Gasteiger partial charge in [-0.1, -0.05) is 55.0 Å². The van der Waals surface area contributed by atoms with Crippen molar-refractivity contribution in [2.75, 3.05) is 13.2 Å². The minimum atomic E-state index is -0.782. The van der Waals surface area contributed by atoms with E-state index < -0.39 is 17.6 Å². The summed E-state index contributed by atoms with van der Waals surface area (Å²) in [6.45, 7) is 4.34. The SMILES string of the molecule is CC(C)(CCC(=O)NC[C@@H]1CCC[C@@H]1C(=O)O)NC(=O)OCC1c2ccccc2-c2ccccc21. The normalized spacial score (nSPS) is 19.0. The Bertz CT molecular complexity index is 1050. The Hall–Kier alpha value is -3.35. The minimum absolute atomic E-state index is 0.00717. The third-order valence-corrected chi connectivity index (χ3v) is 7.30. The highest BCUT2D eigenvalue weighted by atomic mass is 16.5. The smallest absolute Gasteiger partial charge is 0.407 e. The molecule has 0 heterocycles. The molecule has 2 amide bonds. The molecule has 2 aliphatic carbocycles. The lowest BCUT2D eigenvalue weighted by atomic mass is 9.95. The standard InChI is InChI=1S/C28H34N2O5/c1-28(2,15-14-25(31)29-16-18-8-7-13-19(18)26(32)33)30-27(34)35-17-24-22-11-5-3-9-20(22)21-10-4-6-12-23(21)24/h3-6,9-12,18-19,24H,7-8,13-17H2,1-2H3,(H,29,31)(H,30,34)(H,32,33)/t18-,19-/m0/s1. The average molecular weight is 479 g/mol. The number of hydrogen-bond acceptors (Lipinski definition) is 4. The highest BCUT2D eigenvalue weighted by Crippen LogP contribution is 2.44. The first-order valence-corrected chi connectivity index (χ1v) is 12.4. The zero-order chi connectivity index (χ0) is 25.0. The van der Waals surface area contributed by atoms with Gasteiger partial charge in [-0.3, -0.25) is 9.59 Å². The summed E-state index contributed by atoms with van der Waals surface area (Å²) < 4.78 is 5.63. The topological polar surface area (TPSA) is 105 Å². The molecule has 1 fully saturated rings. The van der Waals surface area contributed by atoms with Crippen molar-refractivity contribution in [2.24, 2.45) is 11.8 Å². The molecule has 2 atom stereocenters. The van der Waals surface area contributed by atoms with E-state index >= 15 is 0 Å². The number of aliphatic carboxylic acids is 1. The van der Waals surface area contributed by atoms with E-state index in [4.69, 9.17) is 4.74 Å². The lowest BCUT2D eigenvalue weighted by molar-refractivity contribution is -0.143. The number of hydrogen-bond donors (Lipinski definition) is 3. The van der Waals surface area contributed by atoms with Gasteiger partial charge in [-0.15, -0.1) is 0 Å². The summed E-state index contributed by atoms with van der Waals surface area (Å²) in [7, 11) is 0. The van der Waals surface area contributed by atoms with Gasteiger partial charge in [-0.25, -0.2) is 4.79 Å². The summed E-state index contributed by atoms with van der Waals surface area (Å²) in [5, 5.41) is 15.0. The number of benzene rings is 2. The van der Waals surface area contributed by atoms with Gasteiger partial charge < -0.3 is 20.5 Å². The van der Waals surface area contributed by atoms with E-state index in [1.165, 1.54) is 11.1 Å². The monoisotopic (exact) mass is 478 g/mol. The second-order valence-corrected chi connectivity index (χ2v) is 10.3. The molecule has 1 saturated carbocycles. The van der Waals surface area contributed by atoms with E-state index in [-0.39, 0.29) is 36.7 Å². The molecule has 3 N–H and O–H groups in total. The van der Waals surface area contributed by atoms with Gasteiger partial charge in [0.2, 0.25) is 5.91 Å². The van der Waals surface area contributed by atoms with Crippen LogP contribution in [0.1, 0.15) is 63.0 Å². The molecule has 4 rings (SSSR count). The molecule has 0 aromatic heterocycles. The predicted octanol–water partition coefficient (Wildman–Crippen LogP) is 4.70. The average Bonchev–Trinajstić information content (AvgIpc) is 3.43. The number of carbonyl (C=O) groups is 3. The lowest BCUT2D eigenvalue weighted by Crippen LogP contribution is -2.45. The molecule has 0 radical (unpaired) electrons. The minimum Gasteiger partial charge on any atom is -0.481 e. The molecule has 2 aliphatic rings. The number of ether oxygens (including phenoxy) is 1. The van der Waals surface area contributed by atoms with Crippen LogP contribution in [0.25, 0.3) is 11.1 Å². The first-order chi connectivity index (χ1) is 16.7. The predicted molar refractivity (Wildman–Crippen MR) is 133 cm³/mol. The fourth-order valence-electron chi connectivity index (χ4n) is 5.34. The summed E-state index contributed by atoms with van der Waals surface area (Å²) in [5.74, 6) is -1.31. The van der Waals surface area contributed by atoms with Crippen molar-refractivity contribution in [3.8, 4) is 11.1 Å². The van der Waals surface area contributed by atoms with Crippen LogP contribution in [0, 0.1) is 11.8 Å². The summed E-state index contributed by atoms with van der Waals surface area (Å²) in [5.41, 5.74) is 4.04. The molecular weight excluding hydrogens is 444 g/mol. The number of carboxylic acid groups (broad SMARTS) is 1. The molecule has 7 nitrogen and oxygen atoms in total. The number of carboxylic acids is 1. The van der Waals surface area contributed by atoms with Crippen LogP contribution < -0.4 is 10.6 Å². The third-order valence-electron chi connectivity index (χ3n) is 7.30. The van der Waals surface area contributed by atoms with Crippen LogP contribution in [0.4, 0.5) is 4.79 Å². The Morgan fingerprint density at radius 3 is 2.26 bits per heavy atom. The summed E-state index contributed by atoms with van der Waals surface area (Å²) in [6.07, 6.45) is 2.55. The van der Waals surface area contributed by atoms with Crippen LogP contribution >= 0.6 is 0 Å². The van der Waals surface area contributed by atoms with Gasteiger partial charge in [0.25, 0.3) is 0 Å². The van der Waals surface area contributed by atoms with E-state index in [1.807, 2.05) is 38.1 Å². The van der Waals surface area contributed by atoms with Gasteiger partial charge in [-0.05, 0) is 61.3 Å². The number of amides is 2. The van der Waals surface area contributed by atoms with E-state index in [9.17, 15) is 19.5 Å². The van der Waals surface area contributed by atoms with Crippen LogP contribution in [0.2, 0.25) is 0 Å². The van der Waals surface area contributed by atoms with Gasteiger partial charge in [0.15, 0.2) is 0 Å². The van der Waals surface area contributed by atoms with Gasteiger partial charge in [-0.2, -0.15) is 0 Å². The Morgan fingerprint density at radius 2 is 1.63 bits per heavy atom. The van der Waals surface area contributed by atoms with E-state index in [0.717, 1.165) is 24.0 Å². The molecule has 35 heavy (non-hydrogen) atoms. The second-order valence-electron chi connectivity index (χ2n) is 10.3. The molecule has 0 aliphatic heterocycles. The van der Waals surface area contributed by atoms with Crippen LogP contribution in [-0.4, -0.2) is 41.8 Å². The van der Waals surface area contributed by atoms with Crippen molar-refractivity contribution in [2.45, 2.75) is 57.4 Å². The fraction of sp³-hybridized carbons (Fsp3) is 0.464. The zero-order valence-electron chi connectivity index (χ0n) is 20.4. The van der Waals surface area contributed by atoms with E-state index in [2.05, 4.69) is 34.9 Å². The largest absolute Gasteiger partial charge is 0.481 e. The molecule has 2 aromatic rings. The summed E-state index contributed by atoms with van der Waals surface area (Å²) >= 11 is 0. The van der Waals surface area contributed by atoms with Crippen molar-refractivity contribution >= 4 is 18.0 Å². The van der Waals surface area contributed by atoms with Crippen molar-refractivity contribution in [3.05, 3.63) is 59.7 Å². The third kappa shape index (κ3) is 5.84. The highest BCUT2D eigenvalue weighted by molar-refractivity contribution is 5.79. The maximum atomic E-state index is 12.6. The number of fused-ring (bicyclic) bond motifs is 3. The summed E-state index contributed by atoms with van der Waals surface area (Å²) in [6, 6.07) is 16.4. The van der Waals surface area contributed by atoms with Crippen LogP contribution in [-0.2, 0) is 14.3 Å². The van der Waals surface area contributed by atoms with Gasteiger partial charge in [0.1, 0.15) is 6.61 Å². The molecular formula is C28H34N2O5. The van der Waals surface area contributed by atoms with Crippen LogP contribution in [0.3, 0.4) is 0 Å². The van der Waals surface area contributed by atoms with Crippen molar-refractivity contribution < 1.29 is 24.2 Å². The number of rotatable bonds is 9. The Labute approximate surface area is 206 Å². The molecule has 0 spiro atoms. The zero-order valence-corrected chi connectivity index (χ0v) is 20.4. The lowest BCUT2D eigenvalue weighted by Gasteiger charge is -2.26. The quantitative estimate of drug-likeness (QED) is 0.485. The molecule has 0 unspecified atom stereocenters. The van der Waals surface area contributed by atoms with E-state index in [1.54, 1.807) is 0 Å². The first kappa shape index (κ1) is 24.8. The molecule has 0 saturated heterocycles. The van der Waals surface area contributed by atoms with Gasteiger partial charge >= 0.3 is 12.1 Å². The van der Waals surface area contributed by atoms with Crippen LogP contribution in [0.15, 0.2) is 48.5 Å². The first-order valence-electron chi connectivity index (χ1n) is 12.4. The van der Waals surface area contributed by atoms with E-state index in [0.29, 0.717) is 19.4 Å². The fourth-order valence-corrected chi connectivity index (χ4v) is 5.34. The van der Waals surface area contributed by atoms with Crippen molar-refractivity contribution in [3.63, 3.8) is 0 Å². The Morgan fingerprint density at radius 1 is 1.00 bits per heavy atom. The second kappa shape index (κ2) is 10.5. The van der Waals surface area contributed by atoms with Gasteiger partial charge in [0.05, 0.1) is 5.92 Å². The molecule has 0 bridgehead atoms. The maximum absolute atomic E-state index is 12.6. The van der Waals surface area contributed by atoms with Crippen LogP contribution in [0.5, 0.6) is 0 Å².